The summed E-state index contributed by atoms with van der Waals surface area (Å²) in [6.45, 7) is 5.42. The van der Waals surface area contributed by atoms with Crippen molar-refractivity contribution >= 4 is 13.8 Å². The van der Waals surface area contributed by atoms with Crippen molar-refractivity contribution in [3.05, 3.63) is 36.5 Å². The van der Waals surface area contributed by atoms with E-state index in [1.54, 1.807) is 0 Å². The first-order valence-corrected chi connectivity index (χ1v) is 25.7. The van der Waals surface area contributed by atoms with Gasteiger partial charge in [0.25, 0.3) is 7.82 Å². The zero-order chi connectivity index (χ0) is 42.7. The molecular formula is C49H94NO7P. The molecule has 0 aromatic heterocycles. The van der Waals surface area contributed by atoms with Gasteiger partial charge in [0.2, 0.25) is 0 Å². The number of phosphoric acid groups is 1. The third-order valence-electron chi connectivity index (χ3n) is 10.4. The van der Waals surface area contributed by atoms with Crippen LogP contribution in [0.5, 0.6) is 0 Å². The summed E-state index contributed by atoms with van der Waals surface area (Å²) >= 11 is 0. The number of nitrogens with zero attached hydrogens (tertiary/aromatic N) is 1. The SMILES string of the molecule is CCCCCCC/C=C\C/C=C\C/C=C\CCCCCCCCCCC(=O)OC(COCCCCCCCCCCCCCCC)COP(=O)([O-])OCC[N+](C)(C)C. The second-order valence-corrected chi connectivity index (χ2v) is 18.9. The maximum absolute atomic E-state index is 12.7. The highest BCUT2D eigenvalue weighted by Crippen LogP contribution is 2.38. The van der Waals surface area contributed by atoms with Crippen molar-refractivity contribution in [1.82, 2.24) is 0 Å². The van der Waals surface area contributed by atoms with Crippen LogP contribution in [-0.2, 0) is 27.9 Å². The molecule has 0 bridgehead atoms. The number of unbranched alkanes of at least 4 members (excludes halogenated alkanes) is 25. The van der Waals surface area contributed by atoms with E-state index in [-0.39, 0.29) is 25.8 Å². The highest BCUT2D eigenvalue weighted by Gasteiger charge is 2.20. The summed E-state index contributed by atoms with van der Waals surface area (Å²) in [5.41, 5.74) is 0. The lowest BCUT2D eigenvalue weighted by molar-refractivity contribution is -0.870. The van der Waals surface area contributed by atoms with Gasteiger partial charge in [-0.15, -0.1) is 0 Å². The number of quaternary nitrogens is 1. The summed E-state index contributed by atoms with van der Waals surface area (Å²) in [4.78, 5) is 25.1. The van der Waals surface area contributed by atoms with Gasteiger partial charge in [0.1, 0.15) is 19.3 Å². The predicted octanol–water partition coefficient (Wildman–Crippen LogP) is 13.9. The van der Waals surface area contributed by atoms with Gasteiger partial charge in [-0.05, 0) is 51.4 Å². The van der Waals surface area contributed by atoms with Crippen LogP contribution in [0.1, 0.15) is 213 Å². The second-order valence-electron chi connectivity index (χ2n) is 17.5. The molecule has 9 heteroatoms. The smallest absolute Gasteiger partial charge is 0.306 e. The number of allylic oxidation sites excluding steroid dienone is 6. The fraction of sp³-hybridized carbons (Fsp3) is 0.857. The van der Waals surface area contributed by atoms with Crippen LogP contribution in [0.25, 0.3) is 0 Å². The molecule has 0 spiro atoms. The van der Waals surface area contributed by atoms with Crippen LogP contribution in [0.4, 0.5) is 0 Å². The Morgan fingerprint density at radius 3 is 1.41 bits per heavy atom. The van der Waals surface area contributed by atoms with Gasteiger partial charge in [-0.25, -0.2) is 0 Å². The molecule has 8 nitrogen and oxygen atoms in total. The molecular weight excluding hydrogens is 746 g/mol. The number of hydrogen-bond donors (Lipinski definition) is 0. The normalized spacial score (nSPS) is 14.0. The van der Waals surface area contributed by atoms with Crippen molar-refractivity contribution in [3.63, 3.8) is 0 Å². The molecule has 0 rings (SSSR count). The molecule has 0 fully saturated rings. The van der Waals surface area contributed by atoms with Gasteiger partial charge < -0.3 is 27.9 Å². The molecule has 0 aromatic carbocycles. The summed E-state index contributed by atoms with van der Waals surface area (Å²) in [5.74, 6) is -0.339. The van der Waals surface area contributed by atoms with Crippen LogP contribution in [0.3, 0.4) is 0 Å². The number of rotatable bonds is 45. The zero-order valence-corrected chi connectivity index (χ0v) is 39.6. The highest BCUT2D eigenvalue weighted by molar-refractivity contribution is 7.45. The minimum Gasteiger partial charge on any atom is -0.756 e. The topological polar surface area (TPSA) is 94.1 Å². The number of phosphoric ester groups is 1. The highest BCUT2D eigenvalue weighted by atomic mass is 31.2. The maximum Gasteiger partial charge on any atom is 0.306 e. The lowest BCUT2D eigenvalue weighted by Gasteiger charge is -2.28. The van der Waals surface area contributed by atoms with E-state index in [0.717, 1.165) is 51.4 Å². The average Bonchev–Trinajstić information content (AvgIpc) is 3.18. The van der Waals surface area contributed by atoms with E-state index in [2.05, 4.69) is 50.3 Å². The molecule has 2 unspecified atom stereocenters. The Balaban J connectivity index is 4.15. The fourth-order valence-electron chi connectivity index (χ4n) is 6.67. The van der Waals surface area contributed by atoms with Crippen molar-refractivity contribution in [2.24, 2.45) is 0 Å². The molecule has 0 saturated heterocycles. The fourth-order valence-corrected chi connectivity index (χ4v) is 7.40. The molecule has 0 radical (unpaired) electrons. The molecule has 0 aliphatic heterocycles. The zero-order valence-electron chi connectivity index (χ0n) is 38.7. The van der Waals surface area contributed by atoms with E-state index < -0.39 is 13.9 Å². The summed E-state index contributed by atoms with van der Waals surface area (Å²) in [6, 6.07) is 0. The molecule has 0 N–H and O–H groups in total. The summed E-state index contributed by atoms with van der Waals surface area (Å²) in [7, 11) is 1.36. The van der Waals surface area contributed by atoms with Gasteiger partial charge in [0, 0.05) is 13.0 Å². The van der Waals surface area contributed by atoms with Crippen LogP contribution in [0.15, 0.2) is 36.5 Å². The Kier molecular flexibility index (Phi) is 41.5. The number of carbonyl (C=O) groups is 1. The summed E-state index contributed by atoms with van der Waals surface area (Å²) < 4.78 is 34.6. The third kappa shape index (κ3) is 45.8. The first kappa shape index (κ1) is 56.7. The Labute approximate surface area is 359 Å². The Morgan fingerprint density at radius 2 is 0.948 bits per heavy atom. The van der Waals surface area contributed by atoms with Crippen LogP contribution >= 0.6 is 7.82 Å². The summed E-state index contributed by atoms with van der Waals surface area (Å²) in [5, 5.41) is 0. The van der Waals surface area contributed by atoms with Gasteiger partial charge in [0.05, 0.1) is 34.4 Å². The lowest BCUT2D eigenvalue weighted by atomic mass is 10.0. The van der Waals surface area contributed by atoms with E-state index in [0.29, 0.717) is 24.1 Å². The van der Waals surface area contributed by atoms with Crippen LogP contribution < -0.4 is 4.89 Å². The van der Waals surface area contributed by atoms with Gasteiger partial charge in [-0.2, -0.15) is 0 Å². The Hall–Kier alpha value is -1.28. The monoisotopic (exact) mass is 840 g/mol. The molecule has 0 aliphatic carbocycles. The maximum atomic E-state index is 12.7. The molecule has 0 aliphatic rings. The minimum atomic E-state index is -4.53. The van der Waals surface area contributed by atoms with Gasteiger partial charge in [-0.1, -0.05) is 192 Å². The Morgan fingerprint density at radius 1 is 0.534 bits per heavy atom. The summed E-state index contributed by atoms with van der Waals surface area (Å²) in [6.07, 6.45) is 50.1. The number of esters is 1. The van der Waals surface area contributed by atoms with E-state index in [9.17, 15) is 14.3 Å². The number of hydrogen-bond acceptors (Lipinski definition) is 7. The average molecular weight is 840 g/mol. The van der Waals surface area contributed by atoms with Crippen molar-refractivity contribution < 1.29 is 37.3 Å². The first-order valence-electron chi connectivity index (χ1n) is 24.2. The van der Waals surface area contributed by atoms with Crippen molar-refractivity contribution in [3.8, 4) is 0 Å². The van der Waals surface area contributed by atoms with E-state index in [1.807, 2.05) is 21.1 Å². The third-order valence-corrected chi connectivity index (χ3v) is 11.4. The van der Waals surface area contributed by atoms with Crippen LogP contribution in [-0.4, -0.2) is 70.7 Å². The minimum absolute atomic E-state index is 0.0254. The van der Waals surface area contributed by atoms with Crippen LogP contribution in [0, 0.1) is 0 Å². The Bertz CT molecular complexity index is 1020. The lowest BCUT2D eigenvalue weighted by Crippen LogP contribution is -2.37. The van der Waals surface area contributed by atoms with Crippen LogP contribution in [0.2, 0.25) is 0 Å². The largest absolute Gasteiger partial charge is 0.756 e. The number of likely N-dealkylation sites (N-methyl/N-ethyl adjacent to an activating group) is 1. The molecule has 0 heterocycles. The number of carbonyl (C=O) groups excluding carboxylic acids is 1. The quantitative estimate of drug-likeness (QED) is 0.0198. The number of ether oxygens (including phenoxy) is 2. The van der Waals surface area contributed by atoms with Crippen molar-refractivity contribution in [1.29, 1.82) is 0 Å². The van der Waals surface area contributed by atoms with E-state index in [4.69, 9.17) is 18.5 Å². The van der Waals surface area contributed by atoms with Crippen molar-refractivity contribution in [2.75, 3.05) is 54.1 Å². The first-order chi connectivity index (χ1) is 28.1. The second kappa shape index (κ2) is 42.4. The molecule has 2 atom stereocenters. The van der Waals surface area contributed by atoms with E-state index >= 15 is 0 Å². The van der Waals surface area contributed by atoms with Gasteiger partial charge in [-0.3, -0.25) is 9.36 Å². The molecule has 58 heavy (non-hydrogen) atoms. The molecule has 342 valence electrons. The molecule has 0 saturated carbocycles. The van der Waals surface area contributed by atoms with E-state index in [1.165, 1.54) is 141 Å². The predicted molar refractivity (Wildman–Crippen MR) is 245 cm³/mol. The standard InChI is InChI=1S/C49H94NO7P/c1-6-8-10-12-14-16-18-20-21-22-23-24-25-26-27-28-29-30-32-34-36-38-40-42-49(51)57-48(47-56-58(52,53)55-45-43-50(3,4)5)46-54-44-41-39-37-35-33-31-19-17-15-13-11-9-7-2/h18,20,22-23,25-26,48H,6-17,19,21,24,27-47H2,1-5H3/b20-18-,23-22-,26-25-. The van der Waals surface area contributed by atoms with Crippen molar-refractivity contribution in [2.45, 2.75) is 219 Å². The molecule has 0 aromatic rings. The van der Waals surface area contributed by atoms with Gasteiger partial charge >= 0.3 is 5.97 Å². The molecule has 0 amide bonds. The van der Waals surface area contributed by atoms with Gasteiger partial charge in [0.15, 0.2) is 0 Å².